The first kappa shape index (κ1) is 16.6. The fourth-order valence-electron chi connectivity index (χ4n) is 3.50. The number of fused-ring (bicyclic) bond motifs is 3. The molecule has 1 saturated heterocycles. The number of hydrogen-bond acceptors (Lipinski definition) is 4. The highest BCUT2D eigenvalue weighted by molar-refractivity contribution is 6.31. The van der Waals surface area contributed by atoms with Gasteiger partial charge in [-0.2, -0.15) is 5.10 Å². The quantitative estimate of drug-likeness (QED) is 0.773. The Morgan fingerprint density at radius 3 is 3.08 bits per heavy atom. The maximum Gasteiger partial charge on any atom is 0.259 e. The second-order valence-electron chi connectivity index (χ2n) is 6.32. The third kappa shape index (κ3) is 2.94. The van der Waals surface area contributed by atoms with E-state index in [1.54, 1.807) is 13.2 Å². The number of pyridine rings is 1. The Labute approximate surface area is 149 Å². The highest BCUT2D eigenvalue weighted by Gasteiger charge is 2.24. The summed E-state index contributed by atoms with van der Waals surface area (Å²) in [6.45, 7) is 1.23. The molecule has 1 atom stereocenters. The Kier molecular flexibility index (Phi) is 4.50. The lowest BCUT2D eigenvalue weighted by molar-refractivity contribution is -0.0409. The van der Waals surface area contributed by atoms with Crippen molar-refractivity contribution in [2.75, 3.05) is 20.3 Å². The number of nitrogens with one attached hydrogen (secondary N) is 1. The van der Waals surface area contributed by atoms with E-state index in [1.807, 2.05) is 16.8 Å². The van der Waals surface area contributed by atoms with Crippen LogP contribution in [0.3, 0.4) is 0 Å². The Bertz CT molecular complexity index is 973. The van der Waals surface area contributed by atoms with Gasteiger partial charge in [0, 0.05) is 30.5 Å². The van der Waals surface area contributed by atoms with E-state index < -0.39 is 0 Å². The number of aromatic amines is 1. The number of halogens is 1. The van der Waals surface area contributed by atoms with E-state index in [9.17, 15) is 4.79 Å². The minimum absolute atomic E-state index is 0.137. The zero-order valence-electron chi connectivity index (χ0n) is 14.0. The van der Waals surface area contributed by atoms with Crippen molar-refractivity contribution in [2.24, 2.45) is 0 Å². The molecule has 0 amide bonds. The van der Waals surface area contributed by atoms with Crippen molar-refractivity contribution in [2.45, 2.75) is 31.9 Å². The second-order valence-corrected chi connectivity index (χ2v) is 6.76. The molecule has 3 aromatic rings. The molecule has 1 aliphatic rings. The highest BCUT2D eigenvalue weighted by atomic mass is 35.5. The molecule has 0 radical (unpaired) electrons. The molecule has 1 fully saturated rings. The maximum absolute atomic E-state index is 12.7. The van der Waals surface area contributed by atoms with Gasteiger partial charge >= 0.3 is 0 Å². The van der Waals surface area contributed by atoms with Gasteiger partial charge in [0.05, 0.1) is 23.2 Å². The molecule has 0 aliphatic carbocycles. The molecule has 6 nitrogen and oxygen atoms in total. The topological polar surface area (TPSA) is 69.1 Å². The number of nitrogens with zero attached hydrogens (tertiary/aromatic N) is 2. The lowest BCUT2D eigenvalue weighted by Gasteiger charge is -2.24. The second kappa shape index (κ2) is 6.78. The first-order chi connectivity index (χ1) is 12.2. The normalized spacial score (nSPS) is 18.2. The van der Waals surface area contributed by atoms with Gasteiger partial charge in [0.2, 0.25) is 0 Å². The summed E-state index contributed by atoms with van der Waals surface area (Å²) in [6, 6.07) is 5.41. The van der Waals surface area contributed by atoms with E-state index in [4.69, 9.17) is 26.2 Å². The molecule has 0 saturated carbocycles. The maximum atomic E-state index is 12.7. The zero-order valence-corrected chi connectivity index (χ0v) is 14.8. The van der Waals surface area contributed by atoms with E-state index in [2.05, 4.69) is 4.98 Å². The predicted molar refractivity (Wildman–Crippen MR) is 97.3 cm³/mol. The lowest BCUT2D eigenvalue weighted by atomic mass is 10.1. The molecule has 0 spiro atoms. The summed E-state index contributed by atoms with van der Waals surface area (Å²) in [4.78, 5) is 15.7. The summed E-state index contributed by atoms with van der Waals surface area (Å²) in [5.41, 5.74) is 2.11. The van der Waals surface area contributed by atoms with Gasteiger partial charge in [-0.25, -0.2) is 4.68 Å². The number of H-pyrrole nitrogens is 1. The van der Waals surface area contributed by atoms with Crippen molar-refractivity contribution in [1.29, 1.82) is 0 Å². The van der Waals surface area contributed by atoms with Crippen molar-refractivity contribution in [1.82, 2.24) is 14.8 Å². The molecule has 2 aromatic heterocycles. The van der Waals surface area contributed by atoms with Crippen LogP contribution in [0.4, 0.5) is 0 Å². The Morgan fingerprint density at radius 1 is 1.44 bits per heavy atom. The first-order valence-corrected chi connectivity index (χ1v) is 8.90. The fraction of sp³-hybridized carbons (Fsp3) is 0.444. The molecule has 0 bridgehead atoms. The first-order valence-electron chi connectivity index (χ1n) is 8.52. The van der Waals surface area contributed by atoms with Gasteiger partial charge in [-0.3, -0.25) is 4.79 Å². The summed E-state index contributed by atoms with van der Waals surface area (Å²) in [5.74, 6) is 0. The molecule has 132 valence electrons. The Balaban J connectivity index is 1.99. The van der Waals surface area contributed by atoms with E-state index in [0.717, 1.165) is 35.9 Å². The molecule has 7 heteroatoms. The number of hydrogen-bond donors (Lipinski definition) is 1. The molecule has 1 aromatic carbocycles. The van der Waals surface area contributed by atoms with Crippen molar-refractivity contribution < 1.29 is 9.47 Å². The van der Waals surface area contributed by atoms with Crippen LogP contribution in [0, 0.1) is 0 Å². The number of ether oxygens (including phenoxy) is 2. The zero-order chi connectivity index (χ0) is 17.4. The van der Waals surface area contributed by atoms with Crippen LogP contribution in [0.5, 0.6) is 0 Å². The largest absolute Gasteiger partial charge is 0.384 e. The molecule has 1 aliphatic heterocycles. The Hall–Kier alpha value is -1.89. The van der Waals surface area contributed by atoms with Crippen molar-refractivity contribution in [3.05, 3.63) is 39.3 Å². The summed E-state index contributed by atoms with van der Waals surface area (Å²) in [7, 11) is 1.65. The lowest BCUT2D eigenvalue weighted by Crippen LogP contribution is -2.22. The van der Waals surface area contributed by atoms with E-state index >= 15 is 0 Å². The van der Waals surface area contributed by atoms with Gasteiger partial charge in [0.1, 0.15) is 5.52 Å². The third-order valence-electron chi connectivity index (χ3n) is 4.69. The van der Waals surface area contributed by atoms with Crippen LogP contribution in [0.1, 0.15) is 31.2 Å². The van der Waals surface area contributed by atoms with Crippen molar-refractivity contribution in [3.8, 4) is 0 Å². The molecule has 4 rings (SSSR count). The summed E-state index contributed by atoms with van der Waals surface area (Å²) in [5, 5.41) is 6.83. The summed E-state index contributed by atoms with van der Waals surface area (Å²) in [6.07, 6.45) is 3.51. The summed E-state index contributed by atoms with van der Waals surface area (Å²) >= 11 is 6.17. The van der Waals surface area contributed by atoms with E-state index in [0.29, 0.717) is 35.6 Å². The van der Waals surface area contributed by atoms with Crippen LogP contribution in [0.25, 0.3) is 21.8 Å². The van der Waals surface area contributed by atoms with E-state index in [-0.39, 0.29) is 11.8 Å². The SMILES string of the molecule is COCCc1c2c(=O)[nH]c3ccc(Cl)cc3c2nn1C1CCCCO1. The van der Waals surface area contributed by atoms with Gasteiger partial charge in [-0.15, -0.1) is 0 Å². The minimum Gasteiger partial charge on any atom is -0.384 e. The Morgan fingerprint density at radius 2 is 2.32 bits per heavy atom. The van der Waals surface area contributed by atoms with E-state index in [1.165, 1.54) is 0 Å². The number of rotatable bonds is 4. The average molecular weight is 362 g/mol. The van der Waals surface area contributed by atoms with Crippen molar-refractivity contribution in [3.63, 3.8) is 0 Å². The molecule has 25 heavy (non-hydrogen) atoms. The van der Waals surface area contributed by atoms with Gasteiger partial charge in [0.25, 0.3) is 5.56 Å². The molecular formula is C18H20ClN3O3. The molecular weight excluding hydrogens is 342 g/mol. The average Bonchev–Trinajstić information content (AvgIpc) is 3.02. The van der Waals surface area contributed by atoms with Gasteiger partial charge in [-0.1, -0.05) is 11.6 Å². The predicted octanol–water partition coefficient (Wildman–Crippen LogP) is 3.42. The number of benzene rings is 1. The van der Waals surface area contributed by atoms with Crippen LogP contribution in [-0.4, -0.2) is 35.1 Å². The standard InChI is InChI=1S/C18H20ClN3O3/c1-24-9-7-14-16-17(21-22(14)15-4-2-3-8-25-15)12-10-11(19)5-6-13(12)20-18(16)23/h5-6,10,15H,2-4,7-9H2,1H3,(H,20,23). The van der Waals surface area contributed by atoms with Crippen LogP contribution >= 0.6 is 11.6 Å². The number of aromatic nitrogens is 3. The highest BCUT2D eigenvalue weighted by Crippen LogP contribution is 2.30. The summed E-state index contributed by atoms with van der Waals surface area (Å²) < 4.78 is 13.0. The molecule has 3 heterocycles. The van der Waals surface area contributed by atoms with Crippen molar-refractivity contribution >= 4 is 33.4 Å². The van der Waals surface area contributed by atoms with Crippen LogP contribution < -0.4 is 5.56 Å². The minimum atomic E-state index is -0.141. The van der Waals surface area contributed by atoms with Crippen LogP contribution in [-0.2, 0) is 15.9 Å². The molecule has 1 unspecified atom stereocenters. The molecule has 1 N–H and O–H groups in total. The third-order valence-corrected chi connectivity index (χ3v) is 4.93. The van der Waals surface area contributed by atoms with Crippen LogP contribution in [0.2, 0.25) is 5.02 Å². The van der Waals surface area contributed by atoms with Gasteiger partial charge in [-0.05, 0) is 37.5 Å². The monoisotopic (exact) mass is 361 g/mol. The fourth-order valence-corrected chi connectivity index (χ4v) is 3.67. The number of methoxy groups -OCH3 is 1. The van der Waals surface area contributed by atoms with Crippen LogP contribution in [0.15, 0.2) is 23.0 Å². The smallest absolute Gasteiger partial charge is 0.259 e. The van der Waals surface area contributed by atoms with Gasteiger partial charge in [0.15, 0.2) is 6.23 Å². The van der Waals surface area contributed by atoms with Gasteiger partial charge < -0.3 is 14.5 Å².